The van der Waals surface area contributed by atoms with Crippen molar-refractivity contribution in [1.29, 1.82) is 0 Å². The number of hydrogen-bond acceptors (Lipinski definition) is 3. The lowest BCUT2D eigenvalue weighted by molar-refractivity contribution is -0.157. The van der Waals surface area contributed by atoms with Crippen molar-refractivity contribution in [3.8, 4) is 0 Å². The molecule has 0 spiro atoms. The van der Waals surface area contributed by atoms with Crippen LogP contribution in [0.1, 0.15) is 44.2 Å². The Morgan fingerprint density at radius 3 is 2.62 bits per heavy atom. The molecule has 1 aromatic rings. The van der Waals surface area contributed by atoms with Gasteiger partial charge in [-0.1, -0.05) is 37.3 Å². The van der Waals surface area contributed by atoms with Crippen LogP contribution in [-0.2, 0) is 9.59 Å². The van der Waals surface area contributed by atoms with Gasteiger partial charge >= 0.3 is 5.97 Å². The Morgan fingerprint density at radius 2 is 2.05 bits per heavy atom. The number of carbonyl (C=O) groups is 2. The van der Waals surface area contributed by atoms with Crippen LogP contribution in [0.15, 0.2) is 30.3 Å². The van der Waals surface area contributed by atoms with E-state index in [0.717, 1.165) is 12.0 Å². The lowest BCUT2D eigenvalue weighted by Gasteiger charge is -2.34. The molecule has 1 saturated heterocycles. The summed E-state index contributed by atoms with van der Waals surface area (Å²) in [4.78, 5) is 25.6. The van der Waals surface area contributed by atoms with Gasteiger partial charge in [0.1, 0.15) is 5.54 Å². The number of carboxylic acid groups (broad SMARTS) is 1. The molecular formula is C16H22N2O3. The Bertz CT molecular complexity index is 518. The number of nitrogens with zero attached hydrogens (tertiary/aromatic N) is 1. The van der Waals surface area contributed by atoms with Gasteiger partial charge in [0.05, 0.1) is 0 Å². The zero-order valence-corrected chi connectivity index (χ0v) is 12.3. The minimum absolute atomic E-state index is 0.138. The number of carboxylic acids is 1. The summed E-state index contributed by atoms with van der Waals surface area (Å²) < 4.78 is 0. The monoisotopic (exact) mass is 290 g/mol. The summed E-state index contributed by atoms with van der Waals surface area (Å²) in [7, 11) is 0. The molecule has 1 aliphatic rings. The summed E-state index contributed by atoms with van der Waals surface area (Å²) in [6, 6.07) is 9.01. The molecule has 0 aliphatic carbocycles. The molecule has 1 amide bonds. The maximum absolute atomic E-state index is 12.5. The molecule has 5 nitrogen and oxygen atoms in total. The Kier molecular flexibility index (Phi) is 4.63. The van der Waals surface area contributed by atoms with Gasteiger partial charge in [0, 0.05) is 19.0 Å². The highest BCUT2D eigenvalue weighted by molar-refractivity contribution is 5.88. The molecule has 114 valence electrons. The highest BCUT2D eigenvalue weighted by Gasteiger charge is 2.48. The van der Waals surface area contributed by atoms with Gasteiger partial charge in [-0.3, -0.25) is 4.79 Å². The Labute approximate surface area is 124 Å². The van der Waals surface area contributed by atoms with Gasteiger partial charge < -0.3 is 15.7 Å². The lowest BCUT2D eigenvalue weighted by Crippen LogP contribution is -2.53. The molecule has 5 heteroatoms. The number of hydrogen-bond donors (Lipinski definition) is 2. The van der Waals surface area contributed by atoms with Gasteiger partial charge in [0.25, 0.3) is 0 Å². The summed E-state index contributed by atoms with van der Waals surface area (Å²) in [5.74, 6) is -1.09. The van der Waals surface area contributed by atoms with Gasteiger partial charge in [0.15, 0.2) is 0 Å². The van der Waals surface area contributed by atoms with Gasteiger partial charge in [-0.2, -0.15) is 0 Å². The fourth-order valence-corrected chi connectivity index (χ4v) is 3.10. The first-order valence-electron chi connectivity index (χ1n) is 7.35. The van der Waals surface area contributed by atoms with Crippen molar-refractivity contribution in [2.75, 3.05) is 6.54 Å². The number of amides is 1. The number of aliphatic carboxylic acids is 1. The van der Waals surface area contributed by atoms with Gasteiger partial charge in [-0.15, -0.1) is 0 Å². The van der Waals surface area contributed by atoms with Crippen LogP contribution in [0.3, 0.4) is 0 Å². The Hall–Kier alpha value is -1.88. The third-order valence-electron chi connectivity index (χ3n) is 4.40. The summed E-state index contributed by atoms with van der Waals surface area (Å²) in [5, 5.41) is 9.51. The van der Waals surface area contributed by atoms with E-state index in [9.17, 15) is 14.7 Å². The van der Waals surface area contributed by atoms with E-state index in [1.807, 2.05) is 37.3 Å². The van der Waals surface area contributed by atoms with Crippen molar-refractivity contribution in [2.45, 2.75) is 44.2 Å². The van der Waals surface area contributed by atoms with Gasteiger partial charge in [-0.25, -0.2) is 4.79 Å². The second kappa shape index (κ2) is 6.26. The van der Waals surface area contributed by atoms with Crippen LogP contribution in [0, 0.1) is 0 Å². The molecule has 2 atom stereocenters. The number of nitrogens with two attached hydrogens (primary N) is 1. The van der Waals surface area contributed by atoms with E-state index < -0.39 is 17.6 Å². The molecule has 2 unspecified atom stereocenters. The number of benzene rings is 1. The molecule has 1 aliphatic heterocycles. The molecule has 2 rings (SSSR count). The number of carbonyl (C=O) groups excluding carboxylic acids is 1. The third kappa shape index (κ3) is 2.93. The van der Waals surface area contributed by atoms with E-state index in [1.54, 1.807) is 0 Å². The summed E-state index contributed by atoms with van der Waals surface area (Å²) in [5.41, 5.74) is 5.92. The maximum Gasteiger partial charge on any atom is 0.329 e. The van der Waals surface area contributed by atoms with E-state index in [-0.39, 0.29) is 12.3 Å². The molecule has 21 heavy (non-hydrogen) atoms. The van der Waals surface area contributed by atoms with Crippen LogP contribution in [0.25, 0.3) is 0 Å². The first kappa shape index (κ1) is 15.5. The highest BCUT2D eigenvalue weighted by Crippen LogP contribution is 2.34. The molecule has 3 N–H and O–H groups in total. The molecule has 0 bridgehead atoms. The van der Waals surface area contributed by atoms with Crippen molar-refractivity contribution in [3.05, 3.63) is 35.9 Å². The number of rotatable bonds is 5. The fraction of sp³-hybridized carbons (Fsp3) is 0.500. The normalized spacial score (nSPS) is 23.0. The smallest absolute Gasteiger partial charge is 0.329 e. The topological polar surface area (TPSA) is 83.6 Å². The quantitative estimate of drug-likeness (QED) is 0.868. The molecular weight excluding hydrogens is 268 g/mol. The van der Waals surface area contributed by atoms with Crippen molar-refractivity contribution in [2.24, 2.45) is 5.73 Å². The van der Waals surface area contributed by atoms with E-state index >= 15 is 0 Å². The van der Waals surface area contributed by atoms with Crippen molar-refractivity contribution in [3.63, 3.8) is 0 Å². The standard InChI is InChI=1S/C16H22N2O3/c1-2-16(15(20)21)9-6-10-18(16)14(19)11-13(17)12-7-4-3-5-8-12/h3-5,7-8,13H,2,6,9-11,17H2,1H3,(H,20,21). The third-order valence-corrected chi connectivity index (χ3v) is 4.40. The van der Waals surface area contributed by atoms with E-state index in [0.29, 0.717) is 19.4 Å². The minimum Gasteiger partial charge on any atom is -0.479 e. The van der Waals surface area contributed by atoms with Crippen LogP contribution in [-0.4, -0.2) is 34.0 Å². The van der Waals surface area contributed by atoms with Crippen molar-refractivity contribution < 1.29 is 14.7 Å². The molecule has 1 aromatic carbocycles. The van der Waals surface area contributed by atoms with Crippen LogP contribution in [0.4, 0.5) is 0 Å². The highest BCUT2D eigenvalue weighted by atomic mass is 16.4. The second-order valence-electron chi connectivity index (χ2n) is 5.56. The molecule has 1 heterocycles. The molecule has 0 aromatic heterocycles. The molecule has 0 saturated carbocycles. The second-order valence-corrected chi connectivity index (χ2v) is 5.56. The largest absolute Gasteiger partial charge is 0.479 e. The van der Waals surface area contributed by atoms with Crippen molar-refractivity contribution in [1.82, 2.24) is 4.90 Å². The predicted molar refractivity (Wildman–Crippen MR) is 79.6 cm³/mol. The van der Waals surface area contributed by atoms with Crippen LogP contribution in [0.2, 0.25) is 0 Å². The Morgan fingerprint density at radius 1 is 1.38 bits per heavy atom. The SMILES string of the molecule is CCC1(C(=O)O)CCCN1C(=O)CC(N)c1ccccc1. The summed E-state index contributed by atoms with van der Waals surface area (Å²) in [6.45, 7) is 2.32. The summed E-state index contributed by atoms with van der Waals surface area (Å²) >= 11 is 0. The summed E-state index contributed by atoms with van der Waals surface area (Å²) in [6.07, 6.45) is 1.81. The van der Waals surface area contributed by atoms with E-state index in [2.05, 4.69) is 0 Å². The fourth-order valence-electron chi connectivity index (χ4n) is 3.10. The zero-order valence-electron chi connectivity index (χ0n) is 12.3. The number of likely N-dealkylation sites (tertiary alicyclic amines) is 1. The van der Waals surface area contributed by atoms with E-state index in [1.165, 1.54) is 4.90 Å². The molecule has 1 fully saturated rings. The first-order valence-corrected chi connectivity index (χ1v) is 7.35. The van der Waals surface area contributed by atoms with Gasteiger partial charge in [-0.05, 0) is 24.8 Å². The first-order chi connectivity index (χ1) is 10.0. The Balaban J connectivity index is 2.11. The van der Waals surface area contributed by atoms with Gasteiger partial charge in [0.2, 0.25) is 5.91 Å². The molecule has 0 radical (unpaired) electrons. The van der Waals surface area contributed by atoms with Crippen LogP contribution < -0.4 is 5.73 Å². The van der Waals surface area contributed by atoms with E-state index in [4.69, 9.17) is 5.73 Å². The average Bonchev–Trinajstić information content (AvgIpc) is 2.93. The minimum atomic E-state index is -1.05. The maximum atomic E-state index is 12.5. The van der Waals surface area contributed by atoms with Crippen LogP contribution in [0.5, 0.6) is 0 Å². The van der Waals surface area contributed by atoms with Crippen molar-refractivity contribution >= 4 is 11.9 Å². The lowest BCUT2D eigenvalue weighted by atomic mass is 9.92. The van der Waals surface area contributed by atoms with Crippen LogP contribution >= 0.6 is 0 Å². The predicted octanol–water partition coefficient (Wildman–Crippen LogP) is 1.93. The average molecular weight is 290 g/mol. The zero-order chi connectivity index (χ0) is 15.5.